The number of hydrogen-bond donors (Lipinski definition) is 0. The summed E-state index contributed by atoms with van der Waals surface area (Å²) in [6, 6.07) is 6.20. The highest BCUT2D eigenvalue weighted by Crippen LogP contribution is 2.28. The van der Waals surface area contributed by atoms with E-state index in [1.54, 1.807) is 6.08 Å². The van der Waals surface area contributed by atoms with E-state index in [1.165, 1.54) is 12.0 Å². The third-order valence-corrected chi connectivity index (χ3v) is 2.43. The number of fused-ring (bicyclic) bond motifs is 1. The molecule has 0 N–H and O–H groups in total. The number of aryl methyl sites for hydroxylation is 1. The maximum absolute atomic E-state index is 5.69. The van der Waals surface area contributed by atoms with Crippen molar-refractivity contribution < 1.29 is 4.42 Å². The lowest BCUT2D eigenvalue weighted by molar-refractivity contribution is 0.603. The van der Waals surface area contributed by atoms with E-state index in [1.807, 2.05) is 19.1 Å². The molecular weight excluding hydrogens is 220 g/mol. The van der Waals surface area contributed by atoms with Gasteiger partial charge in [-0.1, -0.05) is 50.6 Å². The van der Waals surface area contributed by atoms with E-state index < -0.39 is 0 Å². The standard InChI is InChI=1S/C14H14O.C3H8/c1-4-6-11-12-9-10(3)7-8-14(12)15-13(11)5-2;1-3-2/h4-9H,2H2,1,3H3;3H2,1-2H3/b6-4-;. The van der Waals surface area contributed by atoms with Gasteiger partial charge in [-0.15, -0.1) is 0 Å². The van der Waals surface area contributed by atoms with Gasteiger partial charge in [-0.05, 0) is 32.1 Å². The molecule has 0 aliphatic heterocycles. The van der Waals surface area contributed by atoms with Gasteiger partial charge in [0.15, 0.2) is 0 Å². The number of furan rings is 1. The van der Waals surface area contributed by atoms with Crippen LogP contribution in [-0.2, 0) is 0 Å². The zero-order valence-electron chi connectivity index (χ0n) is 11.8. The topological polar surface area (TPSA) is 13.1 Å². The fraction of sp³-hybridized carbons (Fsp3) is 0.294. The molecule has 0 amide bonds. The van der Waals surface area contributed by atoms with Crippen LogP contribution in [0.3, 0.4) is 0 Å². The van der Waals surface area contributed by atoms with E-state index in [9.17, 15) is 0 Å². The monoisotopic (exact) mass is 242 g/mol. The third kappa shape index (κ3) is 3.13. The Morgan fingerprint density at radius 1 is 1.28 bits per heavy atom. The van der Waals surface area contributed by atoms with Crippen LogP contribution in [0.15, 0.2) is 35.3 Å². The normalized spacial score (nSPS) is 10.4. The molecule has 0 atom stereocenters. The van der Waals surface area contributed by atoms with Crippen molar-refractivity contribution in [3.05, 3.63) is 47.7 Å². The first-order valence-electron chi connectivity index (χ1n) is 6.46. The Labute approximate surface area is 110 Å². The van der Waals surface area contributed by atoms with Crippen LogP contribution in [0.25, 0.3) is 23.1 Å². The molecule has 2 aromatic rings. The molecular formula is C17H22O. The Morgan fingerprint density at radius 2 is 1.94 bits per heavy atom. The zero-order valence-corrected chi connectivity index (χ0v) is 11.8. The Morgan fingerprint density at radius 3 is 2.50 bits per heavy atom. The lowest BCUT2D eigenvalue weighted by Gasteiger charge is -1.93. The molecule has 0 saturated heterocycles. The van der Waals surface area contributed by atoms with Gasteiger partial charge in [0.1, 0.15) is 11.3 Å². The van der Waals surface area contributed by atoms with Crippen molar-refractivity contribution in [1.29, 1.82) is 0 Å². The quantitative estimate of drug-likeness (QED) is 0.645. The molecule has 0 fully saturated rings. The highest BCUT2D eigenvalue weighted by molar-refractivity contribution is 5.91. The highest BCUT2D eigenvalue weighted by atomic mass is 16.3. The van der Waals surface area contributed by atoms with Crippen molar-refractivity contribution in [2.45, 2.75) is 34.1 Å². The van der Waals surface area contributed by atoms with Crippen molar-refractivity contribution >= 4 is 23.1 Å². The van der Waals surface area contributed by atoms with Crippen molar-refractivity contribution in [3.8, 4) is 0 Å². The first-order chi connectivity index (χ1) is 8.67. The molecule has 1 nitrogen and oxygen atoms in total. The molecule has 0 unspecified atom stereocenters. The Kier molecular flexibility index (Phi) is 5.44. The largest absolute Gasteiger partial charge is 0.456 e. The van der Waals surface area contributed by atoms with Gasteiger partial charge >= 0.3 is 0 Å². The summed E-state index contributed by atoms with van der Waals surface area (Å²) in [6.45, 7) is 12.1. The third-order valence-electron chi connectivity index (χ3n) is 2.43. The van der Waals surface area contributed by atoms with E-state index in [2.05, 4.69) is 45.6 Å². The lowest BCUT2D eigenvalue weighted by atomic mass is 10.1. The van der Waals surface area contributed by atoms with Crippen molar-refractivity contribution in [2.75, 3.05) is 0 Å². The summed E-state index contributed by atoms with van der Waals surface area (Å²) in [4.78, 5) is 0. The molecule has 0 saturated carbocycles. The van der Waals surface area contributed by atoms with Gasteiger partial charge in [0.05, 0.1) is 0 Å². The van der Waals surface area contributed by atoms with E-state index >= 15 is 0 Å². The maximum Gasteiger partial charge on any atom is 0.135 e. The van der Waals surface area contributed by atoms with Crippen LogP contribution in [0, 0.1) is 6.92 Å². The molecule has 1 aromatic carbocycles. The molecule has 1 heterocycles. The van der Waals surface area contributed by atoms with Crippen molar-refractivity contribution in [2.24, 2.45) is 0 Å². The summed E-state index contributed by atoms with van der Waals surface area (Å²) < 4.78 is 5.69. The summed E-state index contributed by atoms with van der Waals surface area (Å²) in [5, 5.41) is 1.16. The maximum atomic E-state index is 5.69. The molecule has 0 spiro atoms. The van der Waals surface area contributed by atoms with Gasteiger partial charge < -0.3 is 4.42 Å². The van der Waals surface area contributed by atoms with E-state index in [0.29, 0.717) is 0 Å². The number of allylic oxidation sites excluding steroid dienone is 1. The minimum atomic E-state index is 0.841. The summed E-state index contributed by atoms with van der Waals surface area (Å²) in [6.07, 6.45) is 7.08. The Bertz CT molecular complexity index is 544. The zero-order chi connectivity index (χ0) is 13.5. The average molecular weight is 242 g/mol. The minimum Gasteiger partial charge on any atom is -0.456 e. The van der Waals surface area contributed by atoms with Crippen LogP contribution in [0.5, 0.6) is 0 Å². The van der Waals surface area contributed by atoms with Crippen LogP contribution in [0.4, 0.5) is 0 Å². The lowest BCUT2D eigenvalue weighted by Crippen LogP contribution is -1.74. The summed E-state index contributed by atoms with van der Waals surface area (Å²) >= 11 is 0. The first-order valence-corrected chi connectivity index (χ1v) is 6.46. The molecule has 1 aromatic heterocycles. The summed E-state index contributed by atoms with van der Waals surface area (Å²) in [5.74, 6) is 0.841. The van der Waals surface area contributed by atoms with Crippen LogP contribution in [-0.4, -0.2) is 0 Å². The second-order valence-electron chi connectivity index (χ2n) is 4.29. The summed E-state index contributed by atoms with van der Waals surface area (Å²) in [5.41, 5.74) is 3.28. The molecule has 0 radical (unpaired) electrons. The first kappa shape index (κ1) is 14.3. The second kappa shape index (κ2) is 6.85. The van der Waals surface area contributed by atoms with Crippen molar-refractivity contribution in [1.82, 2.24) is 0 Å². The molecule has 0 bridgehead atoms. The van der Waals surface area contributed by atoms with Gasteiger partial charge in [0.2, 0.25) is 0 Å². The highest BCUT2D eigenvalue weighted by Gasteiger charge is 2.08. The number of rotatable bonds is 2. The molecule has 18 heavy (non-hydrogen) atoms. The van der Waals surface area contributed by atoms with Crippen LogP contribution in [0.1, 0.15) is 44.1 Å². The van der Waals surface area contributed by atoms with Gasteiger partial charge in [-0.3, -0.25) is 0 Å². The van der Waals surface area contributed by atoms with Gasteiger partial charge in [-0.2, -0.15) is 0 Å². The molecule has 96 valence electrons. The Hall–Kier alpha value is -1.76. The van der Waals surface area contributed by atoms with E-state index in [0.717, 1.165) is 22.3 Å². The van der Waals surface area contributed by atoms with Crippen LogP contribution in [0.2, 0.25) is 0 Å². The predicted octanol–water partition coefficient (Wildman–Crippen LogP) is 5.83. The van der Waals surface area contributed by atoms with Crippen molar-refractivity contribution in [3.63, 3.8) is 0 Å². The van der Waals surface area contributed by atoms with Crippen LogP contribution >= 0.6 is 0 Å². The smallest absolute Gasteiger partial charge is 0.135 e. The van der Waals surface area contributed by atoms with E-state index in [-0.39, 0.29) is 0 Å². The van der Waals surface area contributed by atoms with E-state index in [4.69, 9.17) is 4.42 Å². The SMILES string of the molecule is C=Cc1oc2ccc(C)cc2c1/C=C\C.CCC. The van der Waals surface area contributed by atoms with Gasteiger partial charge in [0.25, 0.3) is 0 Å². The van der Waals surface area contributed by atoms with Gasteiger partial charge in [0, 0.05) is 10.9 Å². The van der Waals surface area contributed by atoms with Gasteiger partial charge in [-0.25, -0.2) is 0 Å². The Balaban J connectivity index is 0.000000492. The van der Waals surface area contributed by atoms with Crippen LogP contribution < -0.4 is 0 Å². The molecule has 2 rings (SSSR count). The number of hydrogen-bond acceptors (Lipinski definition) is 1. The number of benzene rings is 1. The molecule has 0 aliphatic carbocycles. The fourth-order valence-electron chi connectivity index (χ4n) is 1.74. The predicted molar refractivity (Wildman–Crippen MR) is 81.7 cm³/mol. The molecule has 0 aliphatic rings. The second-order valence-corrected chi connectivity index (χ2v) is 4.29. The summed E-state index contributed by atoms with van der Waals surface area (Å²) in [7, 11) is 0. The fourth-order valence-corrected chi connectivity index (χ4v) is 1.74. The average Bonchev–Trinajstić information content (AvgIpc) is 2.69. The molecule has 1 heteroatoms. The minimum absolute atomic E-state index is 0.841.